The van der Waals surface area contributed by atoms with Gasteiger partial charge in [0.05, 0.1) is 0 Å². The normalized spacial score (nSPS) is 11.5. The van der Waals surface area contributed by atoms with Crippen molar-refractivity contribution in [2.24, 2.45) is 11.5 Å². The molecule has 4 nitrogen and oxygen atoms in total. The van der Waals surface area contributed by atoms with Crippen LogP contribution in [0.25, 0.3) is 0 Å². The minimum Gasteiger partial charge on any atom is -0.366 e. The number of allylic oxidation sites excluding steroid dienone is 2. The second-order valence-corrected chi connectivity index (χ2v) is 3.32. The first-order chi connectivity index (χ1) is 7.36. The highest BCUT2D eigenvalue weighted by Crippen LogP contribution is 1.91. The molecule has 0 saturated carbocycles. The number of hydrogen-bond acceptors (Lipinski definition) is 2. The van der Waals surface area contributed by atoms with E-state index in [-0.39, 0.29) is 11.8 Å². The van der Waals surface area contributed by atoms with Crippen LogP contribution in [0.3, 0.4) is 0 Å². The number of carbonyl (C=O) groups is 2. The maximum absolute atomic E-state index is 10.2. The lowest BCUT2D eigenvalue weighted by Crippen LogP contribution is -2.11. The van der Waals surface area contributed by atoms with E-state index in [2.05, 4.69) is 0 Å². The zero-order chi connectivity index (χ0) is 13.1. The number of carbonyl (C=O) groups excluding carboxylic acids is 2. The van der Waals surface area contributed by atoms with E-state index in [9.17, 15) is 9.59 Å². The largest absolute Gasteiger partial charge is 0.366 e. The molecule has 0 heterocycles. The first-order valence-corrected chi connectivity index (χ1v) is 5.29. The van der Waals surface area contributed by atoms with Gasteiger partial charge in [-0.3, -0.25) is 9.59 Å². The Balaban J connectivity index is 0. The lowest BCUT2D eigenvalue weighted by molar-refractivity contribution is -0.115. The summed E-state index contributed by atoms with van der Waals surface area (Å²) in [4.78, 5) is 20.5. The molecule has 0 bridgehead atoms. The monoisotopic (exact) mass is 226 g/mol. The van der Waals surface area contributed by atoms with Gasteiger partial charge in [-0.05, 0) is 26.7 Å². The Morgan fingerprint density at radius 2 is 1.12 bits per heavy atom. The van der Waals surface area contributed by atoms with Gasteiger partial charge in [0.2, 0.25) is 11.8 Å². The molecule has 0 unspecified atom stereocenters. The third-order valence-corrected chi connectivity index (χ3v) is 1.80. The molecular weight excluding hydrogens is 204 g/mol. The average molecular weight is 226 g/mol. The minimum atomic E-state index is -0.327. The molecule has 92 valence electrons. The summed E-state index contributed by atoms with van der Waals surface area (Å²) >= 11 is 0. The number of hydrogen-bond donors (Lipinski definition) is 2. The van der Waals surface area contributed by atoms with Crippen LogP contribution in [-0.2, 0) is 9.59 Å². The quantitative estimate of drug-likeness (QED) is 0.714. The van der Waals surface area contributed by atoms with Crippen LogP contribution in [0.5, 0.6) is 0 Å². The highest BCUT2D eigenvalue weighted by Gasteiger charge is 1.92. The maximum Gasteiger partial charge on any atom is 0.244 e. The highest BCUT2D eigenvalue weighted by atomic mass is 16.1. The number of nitrogens with two attached hydrogens (primary N) is 2. The fourth-order valence-electron chi connectivity index (χ4n) is 0.814. The predicted octanol–water partition coefficient (Wildman–Crippen LogP) is 1.66. The zero-order valence-electron chi connectivity index (χ0n) is 10.5. The van der Waals surface area contributed by atoms with E-state index >= 15 is 0 Å². The maximum atomic E-state index is 10.2. The van der Waals surface area contributed by atoms with Gasteiger partial charge in [0.1, 0.15) is 0 Å². The van der Waals surface area contributed by atoms with Gasteiger partial charge >= 0.3 is 0 Å². The van der Waals surface area contributed by atoms with Crippen LogP contribution in [0.15, 0.2) is 23.3 Å². The van der Waals surface area contributed by atoms with E-state index in [4.69, 9.17) is 11.5 Å². The van der Waals surface area contributed by atoms with Crippen molar-refractivity contribution in [1.82, 2.24) is 0 Å². The number of rotatable bonds is 4. The van der Waals surface area contributed by atoms with Gasteiger partial charge in [-0.15, -0.1) is 0 Å². The third-order valence-electron chi connectivity index (χ3n) is 1.80. The minimum absolute atomic E-state index is 0.327. The molecule has 4 heteroatoms. The summed E-state index contributed by atoms with van der Waals surface area (Å²) in [5.41, 5.74) is 11.1. The van der Waals surface area contributed by atoms with Crippen LogP contribution in [0.2, 0.25) is 0 Å². The van der Waals surface area contributed by atoms with Crippen molar-refractivity contribution in [3.8, 4) is 0 Å². The van der Waals surface area contributed by atoms with Gasteiger partial charge in [-0.1, -0.05) is 26.0 Å². The molecule has 0 aliphatic heterocycles. The fraction of sp³-hybridized carbons (Fsp3) is 0.500. The van der Waals surface area contributed by atoms with Crippen LogP contribution in [0.4, 0.5) is 0 Å². The lowest BCUT2D eigenvalue weighted by atomic mass is 10.2. The molecule has 2 amide bonds. The lowest BCUT2D eigenvalue weighted by Gasteiger charge is -1.88. The van der Waals surface area contributed by atoms with Crippen molar-refractivity contribution in [2.75, 3.05) is 0 Å². The summed E-state index contributed by atoms with van der Waals surface area (Å²) in [6, 6.07) is 0. The molecule has 0 rings (SSSR count). The molecule has 0 spiro atoms. The van der Waals surface area contributed by atoms with E-state index in [1.165, 1.54) is 0 Å². The second-order valence-electron chi connectivity index (χ2n) is 3.32. The third kappa shape index (κ3) is 10.5. The summed E-state index contributed by atoms with van der Waals surface area (Å²) in [6.07, 6.45) is 5.36. The van der Waals surface area contributed by atoms with Gasteiger partial charge in [0, 0.05) is 11.1 Å². The zero-order valence-corrected chi connectivity index (χ0v) is 10.5. The number of primary amides is 2. The molecule has 0 radical (unpaired) electrons. The summed E-state index contributed by atoms with van der Waals surface area (Å²) in [6.45, 7) is 7.36. The Morgan fingerprint density at radius 3 is 1.19 bits per heavy atom. The van der Waals surface area contributed by atoms with Crippen LogP contribution < -0.4 is 11.5 Å². The van der Waals surface area contributed by atoms with Crippen LogP contribution >= 0.6 is 0 Å². The molecule has 0 saturated heterocycles. The van der Waals surface area contributed by atoms with E-state index in [0.29, 0.717) is 11.1 Å². The van der Waals surface area contributed by atoms with Crippen LogP contribution in [0.1, 0.15) is 40.5 Å². The fourth-order valence-corrected chi connectivity index (χ4v) is 0.814. The Bertz CT molecular complexity index is 261. The molecule has 0 fully saturated rings. The van der Waals surface area contributed by atoms with Crippen molar-refractivity contribution in [2.45, 2.75) is 40.5 Å². The predicted molar refractivity (Wildman–Crippen MR) is 66.5 cm³/mol. The summed E-state index contributed by atoms with van der Waals surface area (Å²) < 4.78 is 0. The highest BCUT2D eigenvalue weighted by molar-refractivity contribution is 5.91. The van der Waals surface area contributed by atoms with E-state index < -0.39 is 0 Å². The van der Waals surface area contributed by atoms with Crippen molar-refractivity contribution in [3.63, 3.8) is 0 Å². The molecule has 0 aromatic heterocycles. The van der Waals surface area contributed by atoms with Gasteiger partial charge in [0.25, 0.3) is 0 Å². The summed E-state index contributed by atoms with van der Waals surface area (Å²) in [5, 5.41) is 0. The van der Waals surface area contributed by atoms with E-state index in [1.54, 1.807) is 13.8 Å². The Hall–Kier alpha value is -1.58. The molecule has 0 atom stereocenters. The van der Waals surface area contributed by atoms with Crippen molar-refractivity contribution >= 4 is 11.8 Å². The van der Waals surface area contributed by atoms with E-state index in [0.717, 1.165) is 12.8 Å². The van der Waals surface area contributed by atoms with Crippen LogP contribution in [-0.4, -0.2) is 11.8 Å². The summed E-state index contributed by atoms with van der Waals surface area (Å²) in [5.74, 6) is -0.654. The van der Waals surface area contributed by atoms with Gasteiger partial charge in [-0.25, -0.2) is 0 Å². The molecule has 4 N–H and O–H groups in total. The molecule has 0 aliphatic carbocycles. The average Bonchev–Trinajstić information content (AvgIpc) is 2.19. The number of amides is 2. The summed E-state index contributed by atoms with van der Waals surface area (Å²) in [7, 11) is 0. The van der Waals surface area contributed by atoms with Crippen molar-refractivity contribution in [1.29, 1.82) is 0 Å². The Kier molecular flexibility index (Phi) is 10.5. The molecular formula is C12H22N2O2. The first-order valence-electron chi connectivity index (χ1n) is 5.29. The molecule has 0 aromatic rings. The van der Waals surface area contributed by atoms with E-state index in [1.807, 2.05) is 26.0 Å². The smallest absolute Gasteiger partial charge is 0.244 e. The topological polar surface area (TPSA) is 86.2 Å². The van der Waals surface area contributed by atoms with Gasteiger partial charge in [0.15, 0.2) is 0 Å². The molecule has 0 aromatic carbocycles. The van der Waals surface area contributed by atoms with Crippen molar-refractivity contribution in [3.05, 3.63) is 23.3 Å². The van der Waals surface area contributed by atoms with Crippen LogP contribution in [0, 0.1) is 0 Å². The SMILES string of the molecule is CCC=C(C)C(N)=O.CCC=C(C)C(N)=O. The molecule has 16 heavy (non-hydrogen) atoms. The second kappa shape index (κ2) is 9.96. The standard InChI is InChI=1S/2C6H11NO/c2*1-3-4-5(2)6(7)8/h2*4H,3H2,1-2H3,(H2,7,8). The Morgan fingerprint density at radius 1 is 0.875 bits per heavy atom. The first kappa shape index (κ1) is 16.8. The molecule has 0 aliphatic rings. The van der Waals surface area contributed by atoms with Gasteiger partial charge in [-0.2, -0.15) is 0 Å². The Labute approximate surface area is 97.4 Å². The van der Waals surface area contributed by atoms with Crippen molar-refractivity contribution < 1.29 is 9.59 Å². The van der Waals surface area contributed by atoms with Gasteiger partial charge < -0.3 is 11.5 Å².